The van der Waals surface area contributed by atoms with Gasteiger partial charge in [0.2, 0.25) is 0 Å². The Bertz CT molecular complexity index is 901. The van der Waals surface area contributed by atoms with Crippen LogP contribution in [0.2, 0.25) is 0 Å². The van der Waals surface area contributed by atoms with Gasteiger partial charge in [0.05, 0.1) is 12.5 Å². The molecule has 0 radical (unpaired) electrons. The van der Waals surface area contributed by atoms with E-state index in [-0.39, 0.29) is 18.5 Å². The van der Waals surface area contributed by atoms with Gasteiger partial charge >= 0.3 is 5.97 Å². The van der Waals surface area contributed by atoms with Crippen LogP contribution in [0.4, 0.5) is 0 Å². The van der Waals surface area contributed by atoms with Gasteiger partial charge in [0.25, 0.3) is 0 Å². The van der Waals surface area contributed by atoms with Gasteiger partial charge in [0.1, 0.15) is 6.10 Å². The van der Waals surface area contributed by atoms with Gasteiger partial charge in [-0.1, -0.05) is 44.2 Å². The second-order valence-electron chi connectivity index (χ2n) is 7.26. The summed E-state index contributed by atoms with van der Waals surface area (Å²) >= 11 is 0. The number of rotatable bonds is 2. The molecule has 4 rings (SSSR count). The highest BCUT2D eigenvalue weighted by molar-refractivity contribution is 5.71. The van der Waals surface area contributed by atoms with E-state index in [9.17, 15) is 9.90 Å². The third kappa shape index (κ3) is 4.17. The van der Waals surface area contributed by atoms with Crippen molar-refractivity contribution in [2.45, 2.75) is 65.6 Å². The van der Waals surface area contributed by atoms with Crippen LogP contribution in [0.15, 0.2) is 30.3 Å². The molecule has 2 aromatic rings. The van der Waals surface area contributed by atoms with Crippen LogP contribution in [-0.4, -0.2) is 28.3 Å². The maximum atomic E-state index is 11.5. The van der Waals surface area contributed by atoms with Crippen LogP contribution in [0, 0.1) is 13.8 Å². The van der Waals surface area contributed by atoms with E-state index in [4.69, 9.17) is 9.72 Å². The minimum absolute atomic E-state index is 0.0855. The first kappa shape index (κ1) is 20.3. The Hall–Kier alpha value is -2.46. The largest absolute Gasteiger partial charge is 0.458 e. The number of carbonyl (C=O) groups excluding carboxylic acids is 1. The monoisotopic (exact) mass is 379 g/mol. The zero-order valence-corrected chi connectivity index (χ0v) is 17.2. The molecular weight excluding hydrogens is 350 g/mol. The van der Waals surface area contributed by atoms with Crippen molar-refractivity contribution in [1.82, 2.24) is 4.98 Å². The molecule has 0 amide bonds. The summed E-state index contributed by atoms with van der Waals surface area (Å²) in [5.41, 5.74) is 8.50. The van der Waals surface area contributed by atoms with E-state index in [0.29, 0.717) is 6.42 Å². The Morgan fingerprint density at radius 3 is 2.50 bits per heavy atom. The van der Waals surface area contributed by atoms with Crippen molar-refractivity contribution in [3.63, 3.8) is 0 Å². The predicted molar refractivity (Wildman–Crippen MR) is 111 cm³/mol. The van der Waals surface area contributed by atoms with E-state index >= 15 is 0 Å². The van der Waals surface area contributed by atoms with E-state index in [0.717, 1.165) is 29.8 Å². The zero-order chi connectivity index (χ0) is 20.3. The molecule has 2 aliphatic rings. The Morgan fingerprint density at radius 1 is 1.14 bits per heavy atom. The molecule has 0 saturated carbocycles. The summed E-state index contributed by atoms with van der Waals surface area (Å²) in [5.74, 6) is -0.341. The maximum Gasteiger partial charge on any atom is 0.309 e. The average molecular weight is 380 g/mol. The molecule has 1 fully saturated rings. The van der Waals surface area contributed by atoms with E-state index < -0.39 is 6.10 Å². The van der Waals surface area contributed by atoms with E-state index in [1.165, 1.54) is 22.3 Å². The normalized spacial score (nSPS) is 20.7. The van der Waals surface area contributed by atoms with Gasteiger partial charge in [-0.3, -0.25) is 9.78 Å². The van der Waals surface area contributed by atoms with Crippen LogP contribution >= 0.6 is 0 Å². The van der Waals surface area contributed by atoms with Gasteiger partial charge in [0, 0.05) is 24.2 Å². The van der Waals surface area contributed by atoms with Crippen molar-refractivity contribution in [2.24, 2.45) is 0 Å². The number of fused-ring (bicyclic) bond motifs is 2. The zero-order valence-electron chi connectivity index (χ0n) is 17.2. The molecule has 148 valence electrons. The van der Waals surface area contributed by atoms with E-state index in [2.05, 4.69) is 31.2 Å². The number of aromatic nitrogens is 1. The summed E-state index contributed by atoms with van der Waals surface area (Å²) in [6.07, 6.45) is 5.20. The lowest BCUT2D eigenvalue weighted by Crippen LogP contribution is -2.31. The minimum atomic E-state index is -0.619. The highest BCUT2D eigenvalue weighted by Crippen LogP contribution is 2.31. The molecule has 4 nitrogen and oxygen atoms in total. The maximum absolute atomic E-state index is 11.5. The topological polar surface area (TPSA) is 59.4 Å². The Kier molecular flexibility index (Phi) is 6.30. The molecule has 1 aromatic heterocycles. The van der Waals surface area contributed by atoms with E-state index in [1.807, 2.05) is 32.9 Å². The number of ether oxygens (including phenoxy) is 1. The summed E-state index contributed by atoms with van der Waals surface area (Å²) in [5, 5.41) is 9.76. The summed E-state index contributed by atoms with van der Waals surface area (Å²) in [6, 6.07) is 8.54. The lowest BCUT2D eigenvalue weighted by Gasteiger charge is -2.24. The van der Waals surface area contributed by atoms with Crippen LogP contribution in [0.3, 0.4) is 0 Å². The first-order valence-electron chi connectivity index (χ1n) is 10.1. The quantitative estimate of drug-likeness (QED) is 0.675. The predicted octanol–water partition coefficient (Wildman–Crippen LogP) is 4.30. The van der Waals surface area contributed by atoms with Crippen molar-refractivity contribution in [3.8, 4) is 0 Å². The van der Waals surface area contributed by atoms with Crippen molar-refractivity contribution in [3.05, 3.63) is 69.5 Å². The van der Waals surface area contributed by atoms with Crippen LogP contribution in [0.5, 0.6) is 0 Å². The lowest BCUT2D eigenvalue weighted by atomic mass is 9.85. The van der Waals surface area contributed by atoms with E-state index in [1.54, 1.807) is 0 Å². The number of esters is 1. The Balaban J connectivity index is 0.00000109. The van der Waals surface area contributed by atoms with Crippen molar-refractivity contribution in [2.75, 3.05) is 0 Å². The molecule has 1 aliphatic heterocycles. The SMILES string of the molecule is CC.Cc1nc2c(c(C)c1/C=C/[C@@H]1C[C@@H](O)CC(=O)O1)Cc1ccccc1C2. The van der Waals surface area contributed by atoms with Gasteiger partial charge in [-0.15, -0.1) is 0 Å². The molecule has 2 atom stereocenters. The second kappa shape index (κ2) is 8.70. The minimum Gasteiger partial charge on any atom is -0.458 e. The molecular formula is C24H29NO3. The highest BCUT2D eigenvalue weighted by atomic mass is 16.5. The third-order valence-corrected chi connectivity index (χ3v) is 5.41. The standard InChI is InChI=1S/C22H23NO3.C2H6/c1-13-19(8-7-18-11-17(24)12-22(25)26-18)14(2)23-21-10-16-6-4-3-5-15(16)9-20(13)21;1-2/h3-8,17-18,24H,9-12H2,1-2H3;1-2H3/b8-7+;/t17-,18-;/m1./s1. The number of aryl methyl sites for hydroxylation is 1. The fourth-order valence-electron chi connectivity index (χ4n) is 4.01. The van der Waals surface area contributed by atoms with Crippen LogP contribution in [0.1, 0.15) is 65.9 Å². The lowest BCUT2D eigenvalue weighted by molar-refractivity contribution is -0.156. The number of cyclic esters (lactones) is 1. The number of hydrogen-bond acceptors (Lipinski definition) is 4. The fourth-order valence-corrected chi connectivity index (χ4v) is 4.01. The molecule has 0 bridgehead atoms. The Morgan fingerprint density at radius 2 is 1.82 bits per heavy atom. The second-order valence-corrected chi connectivity index (χ2v) is 7.26. The number of hydrogen-bond donors (Lipinski definition) is 1. The molecule has 0 unspecified atom stereocenters. The van der Waals surface area contributed by atoms with Crippen LogP contribution in [0.25, 0.3) is 6.08 Å². The fraction of sp³-hybridized carbons (Fsp3) is 0.417. The molecule has 1 aromatic carbocycles. The summed E-state index contributed by atoms with van der Waals surface area (Å²) in [6.45, 7) is 8.16. The summed E-state index contributed by atoms with van der Waals surface area (Å²) in [4.78, 5) is 16.4. The molecule has 0 spiro atoms. The number of aliphatic hydroxyl groups is 1. The smallest absolute Gasteiger partial charge is 0.309 e. The number of nitrogens with zero attached hydrogens (tertiary/aromatic N) is 1. The molecule has 28 heavy (non-hydrogen) atoms. The van der Waals surface area contributed by atoms with Crippen molar-refractivity contribution < 1.29 is 14.6 Å². The first-order chi connectivity index (χ1) is 13.5. The molecule has 1 N–H and O–H groups in total. The highest BCUT2D eigenvalue weighted by Gasteiger charge is 2.26. The number of benzene rings is 1. The number of pyridine rings is 1. The number of aliphatic hydroxyl groups excluding tert-OH is 1. The van der Waals surface area contributed by atoms with Gasteiger partial charge in [-0.05, 0) is 54.2 Å². The van der Waals surface area contributed by atoms with Crippen LogP contribution in [-0.2, 0) is 22.4 Å². The van der Waals surface area contributed by atoms with Gasteiger partial charge in [-0.2, -0.15) is 0 Å². The summed E-state index contributed by atoms with van der Waals surface area (Å²) in [7, 11) is 0. The molecule has 2 heterocycles. The third-order valence-electron chi connectivity index (χ3n) is 5.41. The van der Waals surface area contributed by atoms with Crippen molar-refractivity contribution >= 4 is 12.0 Å². The van der Waals surface area contributed by atoms with Crippen LogP contribution < -0.4 is 0 Å². The molecule has 4 heteroatoms. The first-order valence-corrected chi connectivity index (χ1v) is 10.1. The molecule has 1 saturated heterocycles. The average Bonchev–Trinajstić information content (AvgIpc) is 2.67. The van der Waals surface area contributed by atoms with Gasteiger partial charge in [-0.25, -0.2) is 0 Å². The molecule has 1 aliphatic carbocycles. The van der Waals surface area contributed by atoms with Gasteiger partial charge in [0.15, 0.2) is 0 Å². The van der Waals surface area contributed by atoms with Gasteiger partial charge < -0.3 is 9.84 Å². The Labute approximate surface area is 167 Å². The number of carbonyl (C=O) groups is 1. The summed E-state index contributed by atoms with van der Waals surface area (Å²) < 4.78 is 5.31. The van der Waals surface area contributed by atoms with Crippen molar-refractivity contribution in [1.29, 1.82) is 0 Å².